The fourth-order valence-corrected chi connectivity index (χ4v) is 11.0. The highest BCUT2D eigenvalue weighted by Gasteiger charge is 2.62. The van der Waals surface area contributed by atoms with Crippen LogP contribution in [0.25, 0.3) is 6.08 Å². The highest BCUT2D eigenvalue weighted by atomic mass is 16.3. The number of carbonyl (C=O) groups is 2. The van der Waals surface area contributed by atoms with Crippen molar-refractivity contribution >= 4 is 17.9 Å². The summed E-state index contributed by atoms with van der Waals surface area (Å²) in [5.41, 5.74) is 1.25. The number of amides is 2. The van der Waals surface area contributed by atoms with E-state index in [9.17, 15) is 24.9 Å². The third-order valence-corrected chi connectivity index (χ3v) is 13.5. The molecule has 7 nitrogen and oxygen atoms in total. The SMILES string of the molecule is C[C@H](CCC(=O)N1CCN(C(=O)/C=C/c2cccc(O)c2)CC1)[C@H]1CC[C@H]2[C@@H]3[C@@H](O)C[C@@H]4C[C@H](O)CC[C@]4(C)[C@H]3CC[C@]12C. The van der Waals surface area contributed by atoms with Crippen LogP contribution in [0, 0.1) is 46.3 Å². The van der Waals surface area contributed by atoms with Crippen molar-refractivity contribution in [3.05, 3.63) is 35.9 Å². The number of hydrogen-bond donors (Lipinski definition) is 3. The summed E-state index contributed by atoms with van der Waals surface area (Å²) >= 11 is 0. The third-order valence-electron chi connectivity index (χ3n) is 13.5. The van der Waals surface area contributed by atoms with E-state index in [0.29, 0.717) is 68.1 Å². The van der Waals surface area contributed by atoms with Crippen molar-refractivity contribution in [2.45, 2.75) is 97.2 Å². The Hall–Kier alpha value is -2.38. The third kappa shape index (κ3) is 5.84. The van der Waals surface area contributed by atoms with Gasteiger partial charge >= 0.3 is 0 Å². The Balaban J connectivity index is 1.00. The molecule has 1 saturated heterocycles. The lowest BCUT2D eigenvalue weighted by Gasteiger charge is -2.62. The fraction of sp³-hybridized carbons (Fsp3) is 0.730. The summed E-state index contributed by atoms with van der Waals surface area (Å²) in [6, 6.07) is 6.82. The van der Waals surface area contributed by atoms with Gasteiger partial charge in [-0.3, -0.25) is 9.59 Å². The quantitative estimate of drug-likeness (QED) is 0.372. The van der Waals surface area contributed by atoms with Crippen molar-refractivity contribution in [2.24, 2.45) is 46.3 Å². The van der Waals surface area contributed by atoms with Gasteiger partial charge in [-0.05, 0) is 128 Å². The van der Waals surface area contributed by atoms with Gasteiger partial charge in [0.25, 0.3) is 0 Å². The van der Waals surface area contributed by atoms with E-state index in [1.807, 2.05) is 11.0 Å². The number of fused-ring (bicyclic) bond motifs is 5. The average Bonchev–Trinajstić information content (AvgIpc) is 3.36. The number of phenols is 1. The van der Waals surface area contributed by atoms with E-state index in [1.165, 1.54) is 25.7 Å². The Bertz CT molecular complexity index is 1240. The van der Waals surface area contributed by atoms with Crippen LogP contribution in [0.2, 0.25) is 0 Å². The molecule has 1 aromatic carbocycles. The monoisotopic (exact) mass is 606 g/mol. The van der Waals surface area contributed by atoms with E-state index in [2.05, 4.69) is 20.8 Å². The number of rotatable bonds is 6. The summed E-state index contributed by atoms with van der Waals surface area (Å²) in [6.07, 6.45) is 12.8. The summed E-state index contributed by atoms with van der Waals surface area (Å²) in [7, 11) is 0. The largest absolute Gasteiger partial charge is 0.508 e. The van der Waals surface area contributed by atoms with Crippen molar-refractivity contribution in [1.29, 1.82) is 0 Å². The van der Waals surface area contributed by atoms with Gasteiger partial charge in [-0.2, -0.15) is 0 Å². The van der Waals surface area contributed by atoms with Gasteiger partial charge in [0.1, 0.15) is 5.75 Å². The molecule has 7 heteroatoms. The molecule has 0 bridgehead atoms. The number of aromatic hydroxyl groups is 1. The second-order valence-corrected chi connectivity index (χ2v) is 15.6. The Labute approximate surface area is 263 Å². The molecule has 0 aromatic heterocycles. The molecule has 0 unspecified atom stereocenters. The van der Waals surface area contributed by atoms with E-state index in [0.717, 1.165) is 37.7 Å². The predicted octanol–water partition coefficient (Wildman–Crippen LogP) is 5.48. The van der Waals surface area contributed by atoms with Gasteiger partial charge in [0.15, 0.2) is 0 Å². The van der Waals surface area contributed by atoms with Crippen molar-refractivity contribution in [2.75, 3.05) is 26.2 Å². The molecule has 5 fully saturated rings. The first-order valence-corrected chi connectivity index (χ1v) is 17.4. The first-order valence-electron chi connectivity index (χ1n) is 17.4. The molecule has 1 aliphatic heterocycles. The number of carbonyl (C=O) groups excluding carboxylic acids is 2. The van der Waals surface area contributed by atoms with Gasteiger partial charge in [0.05, 0.1) is 12.2 Å². The second-order valence-electron chi connectivity index (χ2n) is 15.6. The van der Waals surface area contributed by atoms with Gasteiger partial charge in [0.2, 0.25) is 11.8 Å². The molecule has 6 rings (SSSR count). The van der Waals surface area contributed by atoms with Crippen LogP contribution in [0.3, 0.4) is 0 Å². The molecule has 5 aliphatic rings. The Morgan fingerprint density at radius 2 is 1.66 bits per heavy atom. The van der Waals surface area contributed by atoms with Gasteiger partial charge in [-0.15, -0.1) is 0 Å². The summed E-state index contributed by atoms with van der Waals surface area (Å²) in [5, 5.41) is 31.5. The summed E-state index contributed by atoms with van der Waals surface area (Å²) < 4.78 is 0. The minimum Gasteiger partial charge on any atom is -0.508 e. The van der Waals surface area contributed by atoms with Crippen LogP contribution in [-0.4, -0.2) is 75.3 Å². The van der Waals surface area contributed by atoms with E-state index in [4.69, 9.17) is 0 Å². The number of aliphatic hydroxyl groups is 2. The second kappa shape index (κ2) is 12.4. The first-order chi connectivity index (χ1) is 21.0. The number of phenolic OH excluding ortho intramolecular Hbond substituents is 1. The molecular weight excluding hydrogens is 552 g/mol. The Morgan fingerprint density at radius 1 is 0.955 bits per heavy atom. The number of benzene rings is 1. The summed E-state index contributed by atoms with van der Waals surface area (Å²) in [6.45, 7) is 9.54. The molecule has 10 atom stereocenters. The van der Waals surface area contributed by atoms with Crippen LogP contribution < -0.4 is 0 Å². The fourth-order valence-electron chi connectivity index (χ4n) is 11.0. The molecular formula is C37H54N2O5. The van der Waals surface area contributed by atoms with Crippen molar-refractivity contribution in [3.63, 3.8) is 0 Å². The maximum absolute atomic E-state index is 13.3. The minimum absolute atomic E-state index is 0.0681. The normalized spacial score (nSPS) is 39.4. The van der Waals surface area contributed by atoms with E-state index in [1.54, 1.807) is 35.3 Å². The van der Waals surface area contributed by atoms with E-state index >= 15 is 0 Å². The molecule has 242 valence electrons. The topological polar surface area (TPSA) is 101 Å². The lowest BCUT2D eigenvalue weighted by Crippen LogP contribution is -2.58. The summed E-state index contributed by atoms with van der Waals surface area (Å²) in [5.74, 6) is 3.27. The highest BCUT2D eigenvalue weighted by Crippen LogP contribution is 2.68. The molecule has 44 heavy (non-hydrogen) atoms. The zero-order valence-corrected chi connectivity index (χ0v) is 27.0. The number of hydrogen-bond acceptors (Lipinski definition) is 5. The highest BCUT2D eigenvalue weighted by molar-refractivity contribution is 5.92. The number of aliphatic hydroxyl groups excluding tert-OH is 2. The molecule has 4 aliphatic carbocycles. The molecule has 2 amide bonds. The Morgan fingerprint density at radius 3 is 2.41 bits per heavy atom. The van der Waals surface area contributed by atoms with Crippen LogP contribution >= 0.6 is 0 Å². The average molecular weight is 607 g/mol. The van der Waals surface area contributed by atoms with Gasteiger partial charge in [-0.25, -0.2) is 0 Å². The Kier molecular flexibility index (Phi) is 8.93. The molecule has 0 spiro atoms. The van der Waals surface area contributed by atoms with Crippen molar-refractivity contribution in [3.8, 4) is 5.75 Å². The van der Waals surface area contributed by atoms with E-state index in [-0.39, 0.29) is 40.6 Å². The number of piperazine rings is 1. The van der Waals surface area contributed by atoms with Crippen LogP contribution in [0.15, 0.2) is 30.3 Å². The molecule has 0 radical (unpaired) electrons. The van der Waals surface area contributed by atoms with Gasteiger partial charge in [-0.1, -0.05) is 32.9 Å². The van der Waals surface area contributed by atoms with Crippen LogP contribution in [0.4, 0.5) is 0 Å². The van der Waals surface area contributed by atoms with E-state index < -0.39 is 0 Å². The first kappa shape index (κ1) is 31.6. The number of nitrogens with zero attached hydrogens (tertiary/aromatic N) is 2. The maximum Gasteiger partial charge on any atom is 0.246 e. The predicted molar refractivity (Wildman–Crippen MR) is 171 cm³/mol. The van der Waals surface area contributed by atoms with Crippen molar-refractivity contribution < 1.29 is 24.9 Å². The minimum atomic E-state index is -0.253. The molecule has 1 heterocycles. The van der Waals surface area contributed by atoms with Gasteiger partial charge in [0, 0.05) is 38.7 Å². The van der Waals surface area contributed by atoms with Crippen LogP contribution in [0.1, 0.15) is 90.5 Å². The zero-order valence-electron chi connectivity index (χ0n) is 27.0. The summed E-state index contributed by atoms with van der Waals surface area (Å²) in [4.78, 5) is 29.7. The lowest BCUT2D eigenvalue weighted by atomic mass is 9.43. The van der Waals surface area contributed by atoms with Gasteiger partial charge < -0.3 is 25.1 Å². The van der Waals surface area contributed by atoms with Crippen molar-refractivity contribution in [1.82, 2.24) is 9.80 Å². The van der Waals surface area contributed by atoms with Crippen LogP contribution in [-0.2, 0) is 9.59 Å². The molecule has 3 N–H and O–H groups in total. The zero-order chi connectivity index (χ0) is 31.2. The van der Waals surface area contributed by atoms with Crippen LogP contribution in [0.5, 0.6) is 5.75 Å². The molecule has 4 saturated carbocycles. The maximum atomic E-state index is 13.3. The standard InChI is InChI=1S/C37H54N2O5/c1-24(7-11-33(43)38-17-19-39(20-18-38)34(44)12-8-25-5-4-6-27(40)21-25)29-9-10-30-35-31(14-16-37(29,30)3)36(2)15-13-28(41)22-26(36)23-32(35)42/h4-6,8,12,21,24,26,28-32,35,40-42H,7,9-11,13-20,22-23H2,1-3H3/b12-8+/t24-,26+,28-,29-,30+,31+,32+,35+,36+,37-/m1/s1. The lowest BCUT2D eigenvalue weighted by molar-refractivity contribution is -0.174. The molecule has 1 aromatic rings. The smallest absolute Gasteiger partial charge is 0.246 e.